The predicted octanol–water partition coefficient (Wildman–Crippen LogP) is 4.69. The first-order chi connectivity index (χ1) is 19.5. The van der Waals surface area contributed by atoms with Gasteiger partial charge in [-0.3, -0.25) is 19.2 Å². The summed E-state index contributed by atoms with van der Waals surface area (Å²) in [6.07, 6.45) is 4.14. The highest BCUT2D eigenvalue weighted by Gasteiger charge is 2.61. The molecular formula is C28H26F5N3O4S. The Morgan fingerprint density at radius 3 is 2.27 bits per heavy atom. The highest BCUT2D eigenvalue weighted by atomic mass is 32.2. The molecule has 1 aliphatic carbocycles. The third-order valence-electron chi connectivity index (χ3n) is 7.79. The molecule has 0 aromatic heterocycles. The number of halogens is 5. The van der Waals surface area contributed by atoms with Crippen molar-refractivity contribution in [3.63, 3.8) is 0 Å². The fourth-order valence-corrected chi connectivity index (χ4v) is 7.13. The summed E-state index contributed by atoms with van der Waals surface area (Å²) in [5, 5.41) is 2.11. The molecule has 5 rings (SSSR count). The molecule has 1 unspecified atom stereocenters. The number of imide groups is 1. The summed E-state index contributed by atoms with van der Waals surface area (Å²) in [7, 11) is 0. The Morgan fingerprint density at radius 2 is 1.61 bits per heavy atom. The zero-order valence-corrected chi connectivity index (χ0v) is 22.8. The predicted molar refractivity (Wildman–Crippen MR) is 139 cm³/mol. The lowest BCUT2D eigenvalue weighted by Gasteiger charge is -2.33. The van der Waals surface area contributed by atoms with Crippen LogP contribution < -0.4 is 10.2 Å². The Labute approximate surface area is 236 Å². The first-order valence-electron chi connectivity index (χ1n) is 13.2. The molecule has 218 valence electrons. The minimum Gasteiger partial charge on any atom is -0.352 e. The van der Waals surface area contributed by atoms with Crippen LogP contribution in [-0.4, -0.2) is 47.4 Å². The van der Waals surface area contributed by atoms with Gasteiger partial charge < -0.3 is 10.2 Å². The first kappa shape index (κ1) is 29.0. The second-order valence-electron chi connectivity index (χ2n) is 10.4. The number of amides is 4. The molecule has 2 heterocycles. The maximum absolute atomic E-state index is 14.1. The van der Waals surface area contributed by atoms with Crippen LogP contribution >= 0.6 is 11.8 Å². The van der Waals surface area contributed by atoms with Crippen LogP contribution in [0.5, 0.6) is 0 Å². The Hall–Kier alpha value is -3.48. The minimum atomic E-state index is -2.38. The van der Waals surface area contributed by atoms with Crippen molar-refractivity contribution >= 4 is 41.1 Å². The summed E-state index contributed by atoms with van der Waals surface area (Å²) in [4.78, 5) is 54.0. The van der Waals surface area contributed by atoms with Crippen LogP contribution in [0.2, 0.25) is 0 Å². The first-order valence-corrected chi connectivity index (χ1v) is 14.2. The van der Waals surface area contributed by atoms with Gasteiger partial charge in [0.15, 0.2) is 28.1 Å². The number of nitrogens with zero attached hydrogens (tertiary/aromatic N) is 2. The molecule has 0 bridgehead atoms. The molecule has 41 heavy (non-hydrogen) atoms. The van der Waals surface area contributed by atoms with Gasteiger partial charge in [-0.1, -0.05) is 37.0 Å². The third kappa shape index (κ3) is 4.67. The van der Waals surface area contributed by atoms with Crippen molar-refractivity contribution in [2.24, 2.45) is 5.92 Å². The number of carbonyl (C=O) groups is 4. The van der Waals surface area contributed by atoms with Gasteiger partial charge in [-0.05, 0) is 32.3 Å². The SMILES string of the molecule is Cc1ccc2c(c1)C1(SCC(=O)N1CCCNC(=O)c1c(F)c(F)c(F)c(F)c1F)C(=O)N2C(=O)C1CCCCC1. The summed E-state index contributed by atoms with van der Waals surface area (Å²) in [6, 6.07) is 5.25. The van der Waals surface area contributed by atoms with Gasteiger partial charge in [0.1, 0.15) is 5.56 Å². The lowest BCUT2D eigenvalue weighted by molar-refractivity contribution is -0.139. The van der Waals surface area contributed by atoms with Crippen LogP contribution in [0.3, 0.4) is 0 Å². The van der Waals surface area contributed by atoms with Crippen molar-refractivity contribution in [1.29, 1.82) is 0 Å². The molecule has 2 aromatic carbocycles. The largest absolute Gasteiger partial charge is 0.352 e. The van der Waals surface area contributed by atoms with Crippen molar-refractivity contribution < 1.29 is 41.1 Å². The number of fused-ring (bicyclic) bond motifs is 2. The molecule has 7 nitrogen and oxygen atoms in total. The van der Waals surface area contributed by atoms with Crippen LogP contribution in [0.4, 0.5) is 27.6 Å². The molecule has 0 radical (unpaired) electrons. The Balaban J connectivity index is 1.36. The van der Waals surface area contributed by atoms with E-state index in [0.29, 0.717) is 24.1 Å². The van der Waals surface area contributed by atoms with E-state index in [9.17, 15) is 41.1 Å². The molecule has 3 aliphatic rings. The summed E-state index contributed by atoms with van der Waals surface area (Å²) < 4.78 is 68.4. The molecule has 1 atom stereocenters. The molecule has 2 fully saturated rings. The van der Waals surface area contributed by atoms with Gasteiger partial charge in [0.2, 0.25) is 17.6 Å². The van der Waals surface area contributed by atoms with E-state index in [4.69, 9.17) is 0 Å². The monoisotopic (exact) mass is 595 g/mol. The molecule has 2 aliphatic heterocycles. The van der Waals surface area contributed by atoms with Crippen LogP contribution in [0.25, 0.3) is 0 Å². The van der Waals surface area contributed by atoms with Gasteiger partial charge in [0.05, 0.1) is 11.4 Å². The Morgan fingerprint density at radius 1 is 0.976 bits per heavy atom. The number of hydrogen-bond donors (Lipinski definition) is 1. The van der Waals surface area contributed by atoms with Crippen LogP contribution in [0.1, 0.15) is 60.0 Å². The van der Waals surface area contributed by atoms with Crippen LogP contribution in [0.15, 0.2) is 18.2 Å². The third-order valence-corrected chi connectivity index (χ3v) is 9.22. The van der Waals surface area contributed by atoms with Crippen molar-refractivity contribution in [3.05, 3.63) is 64.0 Å². The van der Waals surface area contributed by atoms with Crippen LogP contribution in [0, 0.1) is 41.9 Å². The van der Waals surface area contributed by atoms with Crippen molar-refractivity contribution in [1.82, 2.24) is 10.2 Å². The quantitative estimate of drug-likeness (QED) is 0.172. The zero-order chi connectivity index (χ0) is 29.6. The van der Waals surface area contributed by atoms with E-state index in [1.807, 2.05) is 6.92 Å². The molecule has 1 spiro atoms. The van der Waals surface area contributed by atoms with Crippen molar-refractivity contribution in [2.45, 2.75) is 50.3 Å². The topological polar surface area (TPSA) is 86.8 Å². The van der Waals surface area contributed by atoms with Gasteiger partial charge >= 0.3 is 0 Å². The fourth-order valence-electron chi connectivity index (χ4n) is 5.76. The summed E-state index contributed by atoms with van der Waals surface area (Å²) in [6.45, 7) is 1.43. The van der Waals surface area contributed by atoms with Gasteiger partial charge in [0.25, 0.3) is 11.8 Å². The van der Waals surface area contributed by atoms with Crippen molar-refractivity contribution in [3.8, 4) is 0 Å². The van der Waals surface area contributed by atoms with Gasteiger partial charge in [0, 0.05) is 24.6 Å². The lowest BCUT2D eigenvalue weighted by Crippen LogP contribution is -2.52. The standard InChI is InChI=1S/C28H26F5N3O4S/c1-14-8-9-17-16(12-14)28(27(40)36(17)26(39)15-6-3-2-4-7-15)35(18(37)13-41-28)11-5-10-34-25(38)19-20(29)22(31)24(33)23(32)21(19)30/h8-9,12,15H,2-7,10-11,13H2,1H3,(H,34,38). The zero-order valence-electron chi connectivity index (χ0n) is 22.0. The minimum absolute atomic E-state index is 0.0137. The molecule has 1 saturated heterocycles. The normalized spacial score (nSPS) is 20.7. The molecule has 1 saturated carbocycles. The number of nitrogens with one attached hydrogen (secondary N) is 1. The highest BCUT2D eigenvalue weighted by Crippen LogP contribution is 2.55. The van der Waals surface area contributed by atoms with Gasteiger partial charge in [-0.15, -0.1) is 11.8 Å². The van der Waals surface area contributed by atoms with E-state index in [1.165, 1.54) is 9.80 Å². The van der Waals surface area contributed by atoms with Crippen molar-refractivity contribution in [2.75, 3.05) is 23.7 Å². The number of benzene rings is 2. The Kier molecular flexibility index (Phi) is 7.84. The summed E-state index contributed by atoms with van der Waals surface area (Å²) in [5.41, 5.74) is 0.131. The average Bonchev–Trinajstić information content (AvgIpc) is 3.42. The number of rotatable bonds is 6. The summed E-state index contributed by atoms with van der Waals surface area (Å²) >= 11 is 1.09. The van der Waals surface area contributed by atoms with E-state index in [-0.39, 0.29) is 43.0 Å². The number of aryl methyl sites for hydroxylation is 1. The maximum atomic E-state index is 14.1. The molecule has 4 amide bonds. The van der Waals surface area contributed by atoms with E-state index in [0.717, 1.165) is 36.6 Å². The number of anilines is 1. The van der Waals surface area contributed by atoms with E-state index < -0.39 is 51.3 Å². The number of carbonyl (C=O) groups excluding carboxylic acids is 4. The van der Waals surface area contributed by atoms with E-state index in [2.05, 4.69) is 5.32 Å². The molecule has 1 N–H and O–H groups in total. The van der Waals surface area contributed by atoms with E-state index >= 15 is 0 Å². The molecule has 2 aromatic rings. The average molecular weight is 596 g/mol. The Bertz CT molecular complexity index is 1440. The second-order valence-corrected chi connectivity index (χ2v) is 11.5. The van der Waals surface area contributed by atoms with Crippen LogP contribution in [-0.2, 0) is 19.3 Å². The van der Waals surface area contributed by atoms with Gasteiger partial charge in [-0.25, -0.2) is 26.9 Å². The molecular weight excluding hydrogens is 569 g/mol. The number of thioether (sulfide) groups is 1. The second kappa shape index (κ2) is 11.1. The lowest BCUT2D eigenvalue weighted by atomic mass is 9.88. The smallest absolute Gasteiger partial charge is 0.275 e. The van der Waals surface area contributed by atoms with Gasteiger partial charge in [-0.2, -0.15) is 0 Å². The maximum Gasteiger partial charge on any atom is 0.275 e. The summed E-state index contributed by atoms with van der Waals surface area (Å²) in [5.74, 6) is -14.4. The molecule has 13 heteroatoms. The highest BCUT2D eigenvalue weighted by molar-refractivity contribution is 8.02. The number of hydrogen-bond acceptors (Lipinski definition) is 5. The fraction of sp³-hybridized carbons (Fsp3) is 0.429. The van der Waals surface area contributed by atoms with E-state index in [1.54, 1.807) is 18.2 Å².